The number of para-hydroxylation sites is 1. The number of rotatable bonds is 8. The van der Waals surface area contributed by atoms with Gasteiger partial charge in [0.25, 0.3) is 5.91 Å². The summed E-state index contributed by atoms with van der Waals surface area (Å²) in [5.74, 6) is 2.25. The lowest BCUT2D eigenvalue weighted by atomic mass is 10.2. The standard InChI is InChI=1S/C21H23N3O4/c1-15-6-4-8-17(12-15)28-14-20(25)23-19-10-11-22-24(19)13-16-7-5-9-18(26-2)21(16)27-3/h4-12H,13-14H2,1-3H3,(H,23,25). The van der Waals surface area contributed by atoms with Crippen LogP contribution in [-0.2, 0) is 11.3 Å². The van der Waals surface area contributed by atoms with Gasteiger partial charge in [0.2, 0.25) is 0 Å². The van der Waals surface area contributed by atoms with Crippen molar-refractivity contribution in [3.05, 3.63) is 65.9 Å². The number of ether oxygens (including phenoxy) is 3. The summed E-state index contributed by atoms with van der Waals surface area (Å²) in [4.78, 5) is 12.3. The van der Waals surface area contributed by atoms with Crippen molar-refractivity contribution in [2.75, 3.05) is 26.1 Å². The second-order valence-electron chi connectivity index (χ2n) is 6.18. The topological polar surface area (TPSA) is 74.6 Å². The molecule has 0 unspecified atom stereocenters. The number of hydrogen-bond donors (Lipinski definition) is 1. The number of anilines is 1. The van der Waals surface area contributed by atoms with Gasteiger partial charge in [-0.25, -0.2) is 4.68 Å². The van der Waals surface area contributed by atoms with Crippen LogP contribution in [0.4, 0.5) is 5.82 Å². The number of aromatic nitrogens is 2. The second-order valence-corrected chi connectivity index (χ2v) is 6.18. The van der Waals surface area contributed by atoms with Crippen molar-refractivity contribution in [1.29, 1.82) is 0 Å². The molecule has 3 aromatic rings. The summed E-state index contributed by atoms with van der Waals surface area (Å²) in [6.07, 6.45) is 1.63. The van der Waals surface area contributed by atoms with Gasteiger partial charge in [0.05, 0.1) is 27.0 Å². The minimum atomic E-state index is -0.263. The summed E-state index contributed by atoms with van der Waals surface area (Å²) in [5.41, 5.74) is 1.96. The van der Waals surface area contributed by atoms with Crippen LogP contribution in [0.15, 0.2) is 54.7 Å². The highest BCUT2D eigenvalue weighted by atomic mass is 16.5. The summed E-state index contributed by atoms with van der Waals surface area (Å²) in [5, 5.41) is 7.12. The van der Waals surface area contributed by atoms with Gasteiger partial charge in [-0.1, -0.05) is 24.3 Å². The normalized spacial score (nSPS) is 10.4. The fraction of sp³-hybridized carbons (Fsp3) is 0.238. The first-order valence-corrected chi connectivity index (χ1v) is 8.81. The van der Waals surface area contributed by atoms with E-state index in [0.717, 1.165) is 11.1 Å². The molecule has 28 heavy (non-hydrogen) atoms. The monoisotopic (exact) mass is 381 g/mol. The van der Waals surface area contributed by atoms with E-state index < -0.39 is 0 Å². The largest absolute Gasteiger partial charge is 0.493 e. The Hall–Kier alpha value is -3.48. The molecule has 7 nitrogen and oxygen atoms in total. The molecular formula is C21H23N3O4. The van der Waals surface area contributed by atoms with Crippen molar-refractivity contribution in [2.24, 2.45) is 0 Å². The zero-order chi connectivity index (χ0) is 19.9. The van der Waals surface area contributed by atoms with Crippen LogP contribution in [-0.4, -0.2) is 36.5 Å². The Kier molecular flexibility index (Phi) is 6.16. The van der Waals surface area contributed by atoms with Crippen molar-refractivity contribution < 1.29 is 19.0 Å². The third-order valence-electron chi connectivity index (χ3n) is 4.15. The molecule has 3 rings (SSSR count). The maximum absolute atomic E-state index is 12.3. The summed E-state index contributed by atoms with van der Waals surface area (Å²) < 4.78 is 18.0. The Morgan fingerprint density at radius 2 is 1.93 bits per heavy atom. The Morgan fingerprint density at radius 1 is 1.11 bits per heavy atom. The SMILES string of the molecule is COc1cccc(Cn2nccc2NC(=O)COc2cccc(C)c2)c1OC. The maximum atomic E-state index is 12.3. The molecule has 0 radical (unpaired) electrons. The molecule has 2 aromatic carbocycles. The molecule has 1 amide bonds. The Labute approximate surface area is 163 Å². The van der Waals surface area contributed by atoms with E-state index in [9.17, 15) is 4.79 Å². The Bertz CT molecular complexity index is 952. The fourth-order valence-corrected chi connectivity index (χ4v) is 2.84. The zero-order valence-corrected chi connectivity index (χ0v) is 16.1. The van der Waals surface area contributed by atoms with Crippen LogP contribution in [0.3, 0.4) is 0 Å². The van der Waals surface area contributed by atoms with E-state index in [1.165, 1.54) is 0 Å². The minimum Gasteiger partial charge on any atom is -0.493 e. The lowest BCUT2D eigenvalue weighted by Gasteiger charge is -2.14. The molecule has 146 valence electrons. The Balaban J connectivity index is 1.66. The van der Waals surface area contributed by atoms with Crippen LogP contribution < -0.4 is 19.5 Å². The number of amides is 1. The van der Waals surface area contributed by atoms with Crippen LogP contribution in [0.1, 0.15) is 11.1 Å². The number of methoxy groups -OCH3 is 2. The zero-order valence-electron chi connectivity index (χ0n) is 16.1. The molecule has 0 bridgehead atoms. The van der Waals surface area contributed by atoms with Gasteiger partial charge in [0.15, 0.2) is 18.1 Å². The van der Waals surface area contributed by atoms with E-state index >= 15 is 0 Å². The van der Waals surface area contributed by atoms with E-state index in [4.69, 9.17) is 14.2 Å². The molecule has 0 aliphatic rings. The first-order chi connectivity index (χ1) is 13.6. The third-order valence-corrected chi connectivity index (χ3v) is 4.15. The van der Waals surface area contributed by atoms with E-state index in [1.54, 1.807) is 31.2 Å². The second kappa shape index (κ2) is 8.94. The predicted octanol–water partition coefficient (Wildman–Crippen LogP) is 3.27. The van der Waals surface area contributed by atoms with Crippen molar-refractivity contribution in [3.63, 3.8) is 0 Å². The van der Waals surface area contributed by atoms with Crippen molar-refractivity contribution in [3.8, 4) is 17.2 Å². The molecule has 0 spiro atoms. The minimum absolute atomic E-state index is 0.0862. The molecule has 7 heteroatoms. The molecule has 0 aliphatic carbocycles. The predicted molar refractivity (Wildman–Crippen MR) is 106 cm³/mol. The first kappa shape index (κ1) is 19.3. The number of nitrogens with one attached hydrogen (secondary N) is 1. The van der Waals surface area contributed by atoms with E-state index in [1.807, 2.05) is 49.4 Å². The molecule has 0 atom stereocenters. The highest BCUT2D eigenvalue weighted by molar-refractivity contribution is 5.91. The van der Waals surface area contributed by atoms with Gasteiger partial charge in [0.1, 0.15) is 11.6 Å². The lowest BCUT2D eigenvalue weighted by molar-refractivity contribution is -0.118. The molecule has 1 N–H and O–H groups in total. The lowest BCUT2D eigenvalue weighted by Crippen LogP contribution is -2.22. The van der Waals surface area contributed by atoms with Crippen LogP contribution >= 0.6 is 0 Å². The number of benzene rings is 2. The first-order valence-electron chi connectivity index (χ1n) is 8.81. The van der Waals surface area contributed by atoms with Crippen LogP contribution in [0.2, 0.25) is 0 Å². The molecule has 0 saturated heterocycles. The summed E-state index contributed by atoms with van der Waals surface area (Å²) >= 11 is 0. The smallest absolute Gasteiger partial charge is 0.263 e. The third kappa shape index (κ3) is 4.62. The number of nitrogens with zero attached hydrogens (tertiary/aromatic N) is 2. The van der Waals surface area contributed by atoms with E-state index in [0.29, 0.717) is 29.6 Å². The van der Waals surface area contributed by atoms with E-state index in [2.05, 4.69) is 10.4 Å². The molecular weight excluding hydrogens is 358 g/mol. The molecule has 0 fully saturated rings. The molecule has 0 saturated carbocycles. The van der Waals surface area contributed by atoms with Crippen molar-refractivity contribution >= 4 is 11.7 Å². The number of carbonyl (C=O) groups is 1. The Morgan fingerprint density at radius 3 is 2.68 bits per heavy atom. The number of carbonyl (C=O) groups excluding carboxylic acids is 1. The number of hydrogen-bond acceptors (Lipinski definition) is 5. The van der Waals surface area contributed by atoms with Crippen molar-refractivity contribution in [2.45, 2.75) is 13.5 Å². The van der Waals surface area contributed by atoms with Gasteiger partial charge in [-0.2, -0.15) is 5.10 Å². The van der Waals surface area contributed by atoms with Gasteiger partial charge in [0, 0.05) is 11.6 Å². The maximum Gasteiger partial charge on any atom is 0.263 e. The van der Waals surface area contributed by atoms with Crippen molar-refractivity contribution in [1.82, 2.24) is 9.78 Å². The van der Waals surface area contributed by atoms with Crippen LogP contribution in [0.25, 0.3) is 0 Å². The highest BCUT2D eigenvalue weighted by Crippen LogP contribution is 2.31. The van der Waals surface area contributed by atoms with Crippen LogP contribution in [0.5, 0.6) is 17.2 Å². The summed E-state index contributed by atoms with van der Waals surface area (Å²) in [7, 11) is 3.19. The van der Waals surface area contributed by atoms with Gasteiger partial charge in [-0.05, 0) is 30.7 Å². The van der Waals surface area contributed by atoms with Gasteiger partial charge >= 0.3 is 0 Å². The molecule has 0 aliphatic heterocycles. The average molecular weight is 381 g/mol. The summed E-state index contributed by atoms with van der Waals surface area (Å²) in [6, 6.07) is 14.9. The molecule has 1 heterocycles. The fourth-order valence-electron chi connectivity index (χ4n) is 2.84. The van der Waals surface area contributed by atoms with Gasteiger partial charge < -0.3 is 19.5 Å². The van der Waals surface area contributed by atoms with Gasteiger partial charge in [-0.15, -0.1) is 0 Å². The number of aryl methyl sites for hydroxylation is 1. The average Bonchev–Trinajstić information content (AvgIpc) is 3.12. The highest BCUT2D eigenvalue weighted by Gasteiger charge is 2.13. The molecule has 1 aromatic heterocycles. The van der Waals surface area contributed by atoms with E-state index in [-0.39, 0.29) is 12.5 Å². The van der Waals surface area contributed by atoms with Gasteiger partial charge in [-0.3, -0.25) is 4.79 Å². The quantitative estimate of drug-likeness (QED) is 0.648. The van der Waals surface area contributed by atoms with Crippen LogP contribution in [0, 0.1) is 6.92 Å². The summed E-state index contributed by atoms with van der Waals surface area (Å²) in [6.45, 7) is 2.30.